The first-order valence-corrected chi connectivity index (χ1v) is 6.98. The normalized spacial score (nSPS) is 13.4. The largest absolute Gasteiger partial charge is 0.497 e. The van der Waals surface area contributed by atoms with Crippen LogP contribution in [0, 0.1) is 0 Å². The van der Waals surface area contributed by atoms with Gasteiger partial charge in [-0.25, -0.2) is 8.42 Å². The summed E-state index contributed by atoms with van der Waals surface area (Å²) in [5.74, 6) is 0.694. The van der Waals surface area contributed by atoms with Crippen LogP contribution < -0.4 is 4.74 Å². The van der Waals surface area contributed by atoms with Crippen LogP contribution in [0.4, 0.5) is 0 Å². The average Bonchev–Trinajstić information content (AvgIpc) is 2.25. The molecule has 0 spiro atoms. The standard InChI is InChI=1S/C11H16O4S/c1-15-10-5-3-9(4-6-10)11(12)7-8-16(2,13)14/h3-6,11-12H,7-8H2,1-2H3. The van der Waals surface area contributed by atoms with Gasteiger partial charge in [-0.3, -0.25) is 0 Å². The first-order chi connectivity index (χ1) is 7.42. The SMILES string of the molecule is COc1ccc(C(O)CCS(C)(=O)=O)cc1. The summed E-state index contributed by atoms with van der Waals surface area (Å²) in [4.78, 5) is 0. The molecule has 1 aromatic rings. The van der Waals surface area contributed by atoms with E-state index < -0.39 is 15.9 Å². The van der Waals surface area contributed by atoms with E-state index in [-0.39, 0.29) is 12.2 Å². The van der Waals surface area contributed by atoms with Crippen LogP contribution in [0.25, 0.3) is 0 Å². The van der Waals surface area contributed by atoms with Crippen molar-refractivity contribution in [1.82, 2.24) is 0 Å². The summed E-state index contributed by atoms with van der Waals surface area (Å²) in [6.45, 7) is 0. The second-order valence-corrected chi connectivity index (χ2v) is 5.97. The van der Waals surface area contributed by atoms with Crippen molar-refractivity contribution < 1.29 is 18.3 Å². The van der Waals surface area contributed by atoms with Gasteiger partial charge in [0.2, 0.25) is 0 Å². The number of methoxy groups -OCH3 is 1. The molecule has 0 fully saturated rings. The number of aliphatic hydroxyl groups excluding tert-OH is 1. The summed E-state index contributed by atoms with van der Waals surface area (Å²) < 4.78 is 26.9. The Morgan fingerprint density at radius 2 is 1.88 bits per heavy atom. The molecule has 1 aromatic carbocycles. The first-order valence-electron chi connectivity index (χ1n) is 4.92. The van der Waals surface area contributed by atoms with Crippen molar-refractivity contribution in [2.75, 3.05) is 19.1 Å². The van der Waals surface area contributed by atoms with Crippen LogP contribution in [0.1, 0.15) is 18.1 Å². The summed E-state index contributed by atoms with van der Waals surface area (Å²) >= 11 is 0. The van der Waals surface area contributed by atoms with Crippen LogP contribution in [-0.2, 0) is 9.84 Å². The van der Waals surface area contributed by atoms with Crippen molar-refractivity contribution in [3.05, 3.63) is 29.8 Å². The molecule has 1 atom stereocenters. The van der Waals surface area contributed by atoms with Crippen LogP contribution >= 0.6 is 0 Å². The van der Waals surface area contributed by atoms with Gasteiger partial charge in [0, 0.05) is 6.26 Å². The van der Waals surface area contributed by atoms with Gasteiger partial charge in [-0.05, 0) is 24.1 Å². The molecule has 0 aliphatic rings. The monoisotopic (exact) mass is 244 g/mol. The quantitative estimate of drug-likeness (QED) is 0.844. The molecule has 0 aromatic heterocycles. The van der Waals surface area contributed by atoms with Crippen LogP contribution in [0.2, 0.25) is 0 Å². The Hall–Kier alpha value is -1.07. The maximum absolute atomic E-state index is 10.9. The summed E-state index contributed by atoms with van der Waals surface area (Å²) in [6.07, 6.45) is 0.624. The molecule has 0 saturated carbocycles. The third kappa shape index (κ3) is 4.20. The Morgan fingerprint density at radius 3 is 2.31 bits per heavy atom. The zero-order valence-corrected chi connectivity index (χ0v) is 10.2. The molecule has 0 aliphatic carbocycles. The lowest BCUT2D eigenvalue weighted by Crippen LogP contribution is -2.08. The first kappa shape index (κ1) is 13.0. The lowest BCUT2D eigenvalue weighted by atomic mass is 10.1. The lowest BCUT2D eigenvalue weighted by molar-refractivity contribution is 0.174. The minimum Gasteiger partial charge on any atom is -0.497 e. The predicted molar refractivity (Wildman–Crippen MR) is 62.3 cm³/mol. The maximum Gasteiger partial charge on any atom is 0.147 e. The van der Waals surface area contributed by atoms with Crippen molar-refractivity contribution in [2.24, 2.45) is 0 Å². The fourth-order valence-electron chi connectivity index (χ4n) is 1.32. The van der Waals surface area contributed by atoms with Gasteiger partial charge in [0.1, 0.15) is 15.6 Å². The number of sulfone groups is 1. The fraction of sp³-hybridized carbons (Fsp3) is 0.455. The molecular formula is C11H16O4S. The molecule has 4 nitrogen and oxygen atoms in total. The zero-order valence-electron chi connectivity index (χ0n) is 9.38. The number of hydrogen-bond acceptors (Lipinski definition) is 4. The lowest BCUT2D eigenvalue weighted by Gasteiger charge is -2.10. The van der Waals surface area contributed by atoms with E-state index in [4.69, 9.17) is 4.74 Å². The topological polar surface area (TPSA) is 63.6 Å². The summed E-state index contributed by atoms with van der Waals surface area (Å²) in [5.41, 5.74) is 0.699. The van der Waals surface area contributed by atoms with Crippen molar-refractivity contribution in [3.63, 3.8) is 0 Å². The molecule has 1 N–H and O–H groups in total. The molecule has 0 aliphatic heterocycles. The molecule has 1 unspecified atom stereocenters. The Labute approximate surface area is 95.8 Å². The highest BCUT2D eigenvalue weighted by atomic mass is 32.2. The van der Waals surface area contributed by atoms with Crippen LogP contribution in [0.15, 0.2) is 24.3 Å². The summed E-state index contributed by atoms with van der Waals surface area (Å²) in [7, 11) is -1.46. The molecule has 0 saturated heterocycles. The number of ether oxygens (including phenoxy) is 1. The van der Waals surface area contributed by atoms with E-state index in [1.807, 2.05) is 0 Å². The van der Waals surface area contributed by atoms with Gasteiger partial charge in [-0.2, -0.15) is 0 Å². The van der Waals surface area contributed by atoms with Crippen LogP contribution in [0.3, 0.4) is 0 Å². The van der Waals surface area contributed by atoms with E-state index in [9.17, 15) is 13.5 Å². The third-order valence-electron chi connectivity index (χ3n) is 2.26. The molecule has 5 heteroatoms. The highest BCUT2D eigenvalue weighted by Gasteiger charge is 2.11. The molecule has 1 rings (SSSR count). The van der Waals surface area contributed by atoms with Gasteiger partial charge in [-0.15, -0.1) is 0 Å². The van der Waals surface area contributed by atoms with Crippen molar-refractivity contribution in [2.45, 2.75) is 12.5 Å². The smallest absolute Gasteiger partial charge is 0.147 e. The van der Waals surface area contributed by atoms with E-state index in [1.165, 1.54) is 0 Å². The number of aliphatic hydroxyl groups is 1. The second kappa shape index (κ2) is 5.32. The van der Waals surface area contributed by atoms with Gasteiger partial charge < -0.3 is 9.84 Å². The highest BCUT2D eigenvalue weighted by Crippen LogP contribution is 2.20. The molecule has 0 radical (unpaired) electrons. The van der Waals surface area contributed by atoms with Crippen molar-refractivity contribution >= 4 is 9.84 Å². The molecule has 0 amide bonds. The minimum absolute atomic E-state index is 0.0137. The van der Waals surface area contributed by atoms with Gasteiger partial charge in [-0.1, -0.05) is 12.1 Å². The number of rotatable bonds is 5. The van der Waals surface area contributed by atoms with Crippen molar-refractivity contribution in [1.29, 1.82) is 0 Å². The summed E-state index contributed by atoms with van der Waals surface area (Å²) in [5, 5.41) is 9.74. The van der Waals surface area contributed by atoms with E-state index in [2.05, 4.69) is 0 Å². The Balaban J connectivity index is 2.62. The van der Waals surface area contributed by atoms with Gasteiger partial charge in [0.25, 0.3) is 0 Å². The van der Waals surface area contributed by atoms with E-state index in [0.717, 1.165) is 6.26 Å². The minimum atomic E-state index is -3.02. The van der Waals surface area contributed by atoms with E-state index in [0.29, 0.717) is 11.3 Å². The van der Waals surface area contributed by atoms with E-state index in [1.54, 1.807) is 31.4 Å². The molecule has 0 heterocycles. The van der Waals surface area contributed by atoms with Gasteiger partial charge >= 0.3 is 0 Å². The third-order valence-corrected chi connectivity index (χ3v) is 3.24. The Kier molecular flexibility index (Phi) is 4.32. The fourth-order valence-corrected chi connectivity index (χ4v) is 1.97. The Bertz CT molecular complexity index is 422. The zero-order chi connectivity index (χ0) is 12.2. The number of hydrogen-bond donors (Lipinski definition) is 1. The van der Waals surface area contributed by atoms with Crippen LogP contribution in [0.5, 0.6) is 5.75 Å². The summed E-state index contributed by atoms with van der Waals surface area (Å²) in [6, 6.07) is 6.93. The van der Waals surface area contributed by atoms with Gasteiger partial charge in [0.05, 0.1) is 19.0 Å². The molecule has 90 valence electrons. The van der Waals surface area contributed by atoms with E-state index >= 15 is 0 Å². The van der Waals surface area contributed by atoms with Gasteiger partial charge in [0.15, 0.2) is 0 Å². The second-order valence-electron chi connectivity index (χ2n) is 3.71. The predicted octanol–water partition coefficient (Wildman–Crippen LogP) is 1.16. The number of benzene rings is 1. The highest BCUT2D eigenvalue weighted by molar-refractivity contribution is 7.90. The van der Waals surface area contributed by atoms with Crippen LogP contribution in [-0.4, -0.2) is 32.6 Å². The average molecular weight is 244 g/mol. The molecule has 16 heavy (non-hydrogen) atoms. The molecular weight excluding hydrogens is 228 g/mol. The van der Waals surface area contributed by atoms with Crippen molar-refractivity contribution in [3.8, 4) is 5.75 Å². The Morgan fingerprint density at radius 1 is 1.31 bits per heavy atom. The maximum atomic E-state index is 10.9. The molecule has 0 bridgehead atoms.